The number of aromatic nitrogens is 3. The summed E-state index contributed by atoms with van der Waals surface area (Å²) >= 11 is 1.84. The highest BCUT2D eigenvalue weighted by Crippen LogP contribution is 2.43. The summed E-state index contributed by atoms with van der Waals surface area (Å²) in [5.74, 6) is 0.620. The van der Waals surface area contributed by atoms with E-state index >= 15 is 0 Å². The number of para-hydroxylation sites is 4. The van der Waals surface area contributed by atoms with Gasteiger partial charge in [0.15, 0.2) is 5.82 Å². The van der Waals surface area contributed by atoms with Crippen molar-refractivity contribution in [1.82, 2.24) is 15.0 Å². The molecule has 234 valence electrons. The molecule has 3 heterocycles. The summed E-state index contributed by atoms with van der Waals surface area (Å²) < 4.78 is 2.55. The van der Waals surface area contributed by atoms with Crippen LogP contribution in [0.4, 0.5) is 17.1 Å². The molecule has 0 atom stereocenters. The van der Waals surface area contributed by atoms with Crippen molar-refractivity contribution in [2.24, 2.45) is 0 Å². The Morgan fingerprint density at radius 2 is 0.940 bits per heavy atom. The molecule has 10 rings (SSSR count). The Morgan fingerprint density at radius 3 is 1.66 bits per heavy atom. The predicted molar refractivity (Wildman–Crippen MR) is 211 cm³/mol. The lowest BCUT2D eigenvalue weighted by Crippen LogP contribution is -2.09. The highest BCUT2D eigenvalue weighted by molar-refractivity contribution is 7.26. The Hall–Kier alpha value is -6.43. The molecular weight excluding hydrogens is 629 g/mol. The molecule has 3 aromatic heterocycles. The van der Waals surface area contributed by atoms with Gasteiger partial charge in [-0.1, -0.05) is 115 Å². The maximum absolute atomic E-state index is 5.33. The van der Waals surface area contributed by atoms with E-state index in [1.165, 1.54) is 25.6 Å². The van der Waals surface area contributed by atoms with Crippen molar-refractivity contribution in [1.29, 1.82) is 0 Å². The van der Waals surface area contributed by atoms with Gasteiger partial charge >= 0.3 is 0 Å². The van der Waals surface area contributed by atoms with Gasteiger partial charge in [-0.25, -0.2) is 15.0 Å². The van der Waals surface area contributed by atoms with Crippen LogP contribution < -0.4 is 4.90 Å². The van der Waals surface area contributed by atoms with E-state index in [0.29, 0.717) is 5.82 Å². The molecule has 0 unspecified atom stereocenters. The van der Waals surface area contributed by atoms with Crippen LogP contribution in [0.5, 0.6) is 0 Å². The zero-order valence-electron chi connectivity index (χ0n) is 26.9. The Morgan fingerprint density at radius 1 is 0.380 bits per heavy atom. The molecule has 0 N–H and O–H groups in total. The normalized spacial score (nSPS) is 11.6. The number of anilines is 3. The number of thiophene rings is 1. The molecule has 0 aliphatic carbocycles. The minimum atomic E-state index is 0.620. The molecule has 0 fully saturated rings. The first kappa shape index (κ1) is 28.6. The molecular formula is C45H28N4S. The van der Waals surface area contributed by atoms with E-state index in [9.17, 15) is 0 Å². The third kappa shape index (κ3) is 4.63. The van der Waals surface area contributed by atoms with Crippen LogP contribution in [0.1, 0.15) is 0 Å². The standard InChI is InChI=1S/C45H28N4S/c1-3-13-30(14-4-1)49(31-15-5-2-6-16-31)32-25-23-29(24-26-32)42-36-19-8-11-21-39(36)47-45(48-42)43-37-28-27-34-33-17-9-12-22-40(33)50-44(34)41(37)35-18-7-10-20-38(35)46-43/h1-28H. The van der Waals surface area contributed by atoms with Gasteiger partial charge in [0.1, 0.15) is 5.69 Å². The predicted octanol–water partition coefficient (Wildman–Crippen LogP) is 12.5. The zero-order chi connectivity index (χ0) is 33.0. The Kier molecular flexibility index (Phi) is 6.64. The molecule has 0 bridgehead atoms. The molecule has 5 heteroatoms. The lowest BCUT2D eigenvalue weighted by atomic mass is 10.00. The Labute approximate surface area is 292 Å². The van der Waals surface area contributed by atoms with E-state index in [-0.39, 0.29) is 0 Å². The molecule has 0 saturated heterocycles. The van der Waals surface area contributed by atoms with Gasteiger partial charge in [-0.05, 0) is 54.6 Å². The van der Waals surface area contributed by atoms with Crippen molar-refractivity contribution in [2.45, 2.75) is 0 Å². The highest BCUT2D eigenvalue weighted by atomic mass is 32.1. The second kappa shape index (κ2) is 11.6. The summed E-state index contributed by atoms with van der Waals surface area (Å²) in [6.07, 6.45) is 0. The molecule has 10 aromatic rings. The number of rotatable bonds is 5. The molecule has 50 heavy (non-hydrogen) atoms. The first-order valence-electron chi connectivity index (χ1n) is 16.7. The summed E-state index contributed by atoms with van der Waals surface area (Å²) in [7, 11) is 0. The van der Waals surface area contributed by atoms with E-state index < -0.39 is 0 Å². The van der Waals surface area contributed by atoms with Gasteiger partial charge in [-0.15, -0.1) is 11.3 Å². The lowest BCUT2D eigenvalue weighted by molar-refractivity contribution is 1.20. The smallest absolute Gasteiger partial charge is 0.179 e. The van der Waals surface area contributed by atoms with Crippen LogP contribution in [0.15, 0.2) is 170 Å². The molecule has 0 spiro atoms. The van der Waals surface area contributed by atoms with Gasteiger partial charge in [0.05, 0.1) is 16.7 Å². The second-order valence-corrected chi connectivity index (χ2v) is 13.5. The van der Waals surface area contributed by atoms with Gasteiger partial charge in [-0.2, -0.15) is 0 Å². The fraction of sp³-hybridized carbons (Fsp3) is 0. The van der Waals surface area contributed by atoms with E-state index in [1.54, 1.807) is 0 Å². The number of benzene rings is 7. The van der Waals surface area contributed by atoms with Crippen LogP contribution >= 0.6 is 11.3 Å². The van der Waals surface area contributed by atoms with Crippen molar-refractivity contribution < 1.29 is 0 Å². The summed E-state index contributed by atoms with van der Waals surface area (Å²) in [5, 5.41) is 6.95. The molecule has 0 aliphatic rings. The summed E-state index contributed by atoms with van der Waals surface area (Å²) in [5.41, 5.74) is 7.79. The zero-order valence-corrected chi connectivity index (χ0v) is 27.7. The average molecular weight is 657 g/mol. The van der Waals surface area contributed by atoms with Crippen molar-refractivity contribution in [2.75, 3.05) is 4.90 Å². The topological polar surface area (TPSA) is 41.9 Å². The van der Waals surface area contributed by atoms with Gasteiger partial charge in [0.2, 0.25) is 0 Å². The molecule has 0 aliphatic heterocycles. The van der Waals surface area contributed by atoms with E-state index in [4.69, 9.17) is 15.0 Å². The Balaban J connectivity index is 1.17. The summed E-state index contributed by atoms with van der Waals surface area (Å²) in [6.45, 7) is 0. The van der Waals surface area contributed by atoms with Crippen molar-refractivity contribution >= 4 is 81.1 Å². The minimum Gasteiger partial charge on any atom is -0.311 e. The summed E-state index contributed by atoms with van der Waals surface area (Å²) in [6, 6.07) is 59.4. The number of nitrogens with zero attached hydrogens (tertiary/aromatic N) is 4. The fourth-order valence-electron chi connectivity index (χ4n) is 7.16. The molecule has 0 saturated carbocycles. The van der Waals surface area contributed by atoms with Crippen LogP contribution in [-0.4, -0.2) is 15.0 Å². The average Bonchev–Trinajstić information content (AvgIpc) is 3.57. The first-order chi connectivity index (χ1) is 24.8. The van der Waals surface area contributed by atoms with Crippen molar-refractivity contribution in [3.8, 4) is 22.8 Å². The maximum Gasteiger partial charge on any atom is 0.179 e. The molecule has 4 nitrogen and oxygen atoms in total. The monoisotopic (exact) mass is 656 g/mol. The fourth-order valence-corrected chi connectivity index (χ4v) is 8.42. The molecule has 0 radical (unpaired) electrons. The largest absolute Gasteiger partial charge is 0.311 e. The van der Waals surface area contributed by atoms with Crippen LogP contribution in [0.3, 0.4) is 0 Å². The van der Waals surface area contributed by atoms with Gasteiger partial charge < -0.3 is 4.90 Å². The third-order valence-electron chi connectivity index (χ3n) is 9.45. The quantitative estimate of drug-likeness (QED) is 0.173. The minimum absolute atomic E-state index is 0.620. The van der Waals surface area contributed by atoms with E-state index in [2.05, 4.69) is 157 Å². The van der Waals surface area contributed by atoms with Crippen LogP contribution in [0.2, 0.25) is 0 Å². The van der Waals surface area contributed by atoms with Gasteiger partial charge in [0, 0.05) is 64.3 Å². The van der Waals surface area contributed by atoms with Gasteiger partial charge in [0.25, 0.3) is 0 Å². The summed E-state index contributed by atoms with van der Waals surface area (Å²) in [4.78, 5) is 18.0. The maximum atomic E-state index is 5.33. The Bertz CT molecular complexity index is 2830. The number of hydrogen-bond acceptors (Lipinski definition) is 5. The van der Waals surface area contributed by atoms with Crippen molar-refractivity contribution in [3.05, 3.63) is 170 Å². The second-order valence-electron chi connectivity index (χ2n) is 12.4. The van der Waals surface area contributed by atoms with Gasteiger partial charge in [-0.3, -0.25) is 0 Å². The van der Waals surface area contributed by atoms with Crippen molar-refractivity contribution in [3.63, 3.8) is 0 Å². The van der Waals surface area contributed by atoms with E-state index in [1.807, 2.05) is 29.5 Å². The molecule has 7 aromatic carbocycles. The van der Waals surface area contributed by atoms with Crippen LogP contribution in [-0.2, 0) is 0 Å². The lowest BCUT2D eigenvalue weighted by Gasteiger charge is -2.25. The number of hydrogen-bond donors (Lipinski definition) is 0. The third-order valence-corrected chi connectivity index (χ3v) is 10.7. The van der Waals surface area contributed by atoms with E-state index in [0.717, 1.165) is 61.2 Å². The van der Waals surface area contributed by atoms with Crippen LogP contribution in [0, 0.1) is 0 Å². The number of pyridine rings is 1. The first-order valence-corrected chi connectivity index (χ1v) is 17.5. The highest BCUT2D eigenvalue weighted by Gasteiger charge is 2.20. The SMILES string of the molecule is c1ccc(N(c2ccccc2)c2ccc(-c3nc(-c4nc5ccccc5c5c4ccc4c6ccccc6sc45)nc4ccccc34)cc2)cc1. The van der Waals surface area contributed by atoms with Crippen LogP contribution in [0.25, 0.3) is 75.5 Å². The number of fused-ring (bicyclic) bond motifs is 8. The molecule has 0 amide bonds.